The number of ether oxygens (including phenoxy) is 3. The molecule has 0 amide bonds. The molecular formula is C30H25Cl2NO5. The summed E-state index contributed by atoms with van der Waals surface area (Å²) < 4.78 is 23.0. The molecule has 1 saturated carbocycles. The highest BCUT2D eigenvalue weighted by atomic mass is 35.5. The predicted octanol–water partition coefficient (Wildman–Crippen LogP) is 7.96. The van der Waals surface area contributed by atoms with E-state index in [1.54, 1.807) is 18.2 Å². The summed E-state index contributed by atoms with van der Waals surface area (Å²) in [6.45, 7) is 0.293. The maximum Gasteiger partial charge on any atom is 0.337 e. The zero-order valence-electron chi connectivity index (χ0n) is 20.7. The highest BCUT2D eigenvalue weighted by Gasteiger charge is 2.33. The van der Waals surface area contributed by atoms with Crippen LogP contribution in [0.3, 0.4) is 0 Å². The van der Waals surface area contributed by atoms with Crippen LogP contribution in [0.2, 0.25) is 10.0 Å². The van der Waals surface area contributed by atoms with Gasteiger partial charge in [-0.2, -0.15) is 0 Å². The van der Waals surface area contributed by atoms with Gasteiger partial charge in [-0.15, -0.1) is 0 Å². The summed E-state index contributed by atoms with van der Waals surface area (Å²) in [6.07, 6.45) is 3.69. The van der Waals surface area contributed by atoms with Crippen molar-refractivity contribution in [2.45, 2.75) is 44.3 Å². The Labute approximate surface area is 230 Å². The number of hydrogen-bond acceptors (Lipinski definition) is 6. The molecule has 0 saturated heterocycles. The van der Waals surface area contributed by atoms with E-state index in [2.05, 4.69) is 5.16 Å². The maximum absolute atomic E-state index is 11.8. The molecule has 2 aliphatic rings. The summed E-state index contributed by atoms with van der Waals surface area (Å²) >= 11 is 12.9. The normalized spacial score (nSPS) is 16.4. The third-order valence-corrected chi connectivity index (χ3v) is 7.66. The number of rotatable bonds is 7. The van der Waals surface area contributed by atoms with Gasteiger partial charge in [-0.3, -0.25) is 0 Å². The first-order valence-electron chi connectivity index (χ1n) is 12.6. The van der Waals surface area contributed by atoms with E-state index in [0.29, 0.717) is 39.4 Å². The predicted molar refractivity (Wildman–Crippen MR) is 144 cm³/mol. The molecule has 6 nitrogen and oxygen atoms in total. The van der Waals surface area contributed by atoms with Crippen LogP contribution in [0, 0.1) is 0 Å². The van der Waals surface area contributed by atoms with E-state index in [0.717, 1.165) is 59.6 Å². The molecule has 2 heterocycles. The molecule has 6 rings (SSSR count). The monoisotopic (exact) mass is 549 g/mol. The Kier molecular flexibility index (Phi) is 6.76. The number of hydrogen-bond donors (Lipinski definition) is 0. The number of fused-ring (bicyclic) bond motifs is 1. The first-order valence-corrected chi connectivity index (χ1v) is 13.3. The van der Waals surface area contributed by atoms with Crippen LogP contribution in [-0.4, -0.2) is 18.2 Å². The summed E-state index contributed by atoms with van der Waals surface area (Å²) in [5.74, 6) is 2.38. The van der Waals surface area contributed by atoms with E-state index in [1.807, 2.05) is 42.5 Å². The molecule has 4 aromatic rings. The molecule has 1 fully saturated rings. The van der Waals surface area contributed by atoms with Crippen molar-refractivity contribution < 1.29 is 23.5 Å². The van der Waals surface area contributed by atoms with Crippen LogP contribution in [0.15, 0.2) is 65.2 Å². The smallest absolute Gasteiger partial charge is 0.337 e. The van der Waals surface area contributed by atoms with Crippen LogP contribution in [-0.2, 0) is 17.8 Å². The van der Waals surface area contributed by atoms with Gasteiger partial charge < -0.3 is 18.7 Å². The van der Waals surface area contributed by atoms with Crippen molar-refractivity contribution in [2.24, 2.45) is 0 Å². The Morgan fingerprint density at radius 2 is 1.79 bits per heavy atom. The van der Waals surface area contributed by atoms with Gasteiger partial charge in [-0.05, 0) is 79.3 Å². The minimum absolute atomic E-state index is 0.0750. The standard InChI is InChI=1S/C30H25Cl2NO5/c1-35-30(34)20-10-14-26-19(15-20)9-13-25(37-26)17-7-11-21(12-8-17)36-16-22-28(33-38-29(22)18-5-6-18)27-23(31)3-2-4-24(27)32/h2-4,7-8,10-12,14-15,18,25H,5-6,9,13,16H2,1H3. The van der Waals surface area contributed by atoms with Gasteiger partial charge in [-0.1, -0.05) is 46.6 Å². The van der Waals surface area contributed by atoms with Gasteiger partial charge in [-0.25, -0.2) is 4.79 Å². The largest absolute Gasteiger partial charge is 0.489 e. The lowest BCUT2D eigenvalue weighted by Crippen LogP contribution is -2.16. The molecule has 1 unspecified atom stereocenters. The number of methoxy groups -OCH3 is 1. The van der Waals surface area contributed by atoms with Crippen LogP contribution in [0.4, 0.5) is 0 Å². The van der Waals surface area contributed by atoms with Crippen molar-refractivity contribution in [3.05, 3.63) is 98.7 Å². The highest BCUT2D eigenvalue weighted by Crippen LogP contribution is 2.46. The fourth-order valence-corrected chi connectivity index (χ4v) is 5.43. The number of aromatic nitrogens is 1. The average molecular weight is 550 g/mol. The number of benzene rings is 3. The number of aryl methyl sites for hydroxylation is 1. The molecule has 194 valence electrons. The maximum atomic E-state index is 11.8. The van der Waals surface area contributed by atoms with Crippen molar-refractivity contribution in [3.8, 4) is 22.8 Å². The summed E-state index contributed by atoms with van der Waals surface area (Å²) in [7, 11) is 1.38. The Bertz CT molecular complexity index is 1470. The Hall–Kier alpha value is -3.48. The van der Waals surface area contributed by atoms with Crippen LogP contribution >= 0.6 is 23.2 Å². The third-order valence-electron chi connectivity index (χ3n) is 7.03. The number of nitrogens with zero attached hydrogens (tertiary/aromatic N) is 1. The number of carbonyl (C=O) groups is 1. The minimum Gasteiger partial charge on any atom is -0.489 e. The molecular weight excluding hydrogens is 525 g/mol. The molecule has 1 aliphatic carbocycles. The molecule has 0 spiro atoms. The second kappa shape index (κ2) is 10.4. The second-order valence-corrected chi connectivity index (χ2v) is 10.4. The lowest BCUT2D eigenvalue weighted by atomic mass is 9.96. The van der Waals surface area contributed by atoms with Crippen molar-refractivity contribution >= 4 is 29.2 Å². The Morgan fingerprint density at radius 1 is 1.03 bits per heavy atom. The highest BCUT2D eigenvalue weighted by molar-refractivity contribution is 6.39. The van der Waals surface area contributed by atoms with Gasteiger partial charge in [0.1, 0.15) is 35.7 Å². The lowest BCUT2D eigenvalue weighted by Gasteiger charge is -2.27. The molecule has 1 atom stereocenters. The van der Waals surface area contributed by atoms with E-state index < -0.39 is 0 Å². The summed E-state index contributed by atoms with van der Waals surface area (Å²) in [4.78, 5) is 11.8. The molecule has 3 aromatic carbocycles. The molecule has 38 heavy (non-hydrogen) atoms. The third kappa shape index (κ3) is 4.86. The van der Waals surface area contributed by atoms with Gasteiger partial charge in [0.05, 0.1) is 28.3 Å². The van der Waals surface area contributed by atoms with Gasteiger partial charge in [0.25, 0.3) is 0 Å². The first-order chi connectivity index (χ1) is 18.5. The van der Waals surface area contributed by atoms with E-state index in [-0.39, 0.29) is 12.1 Å². The van der Waals surface area contributed by atoms with Crippen molar-refractivity contribution in [2.75, 3.05) is 7.11 Å². The molecule has 8 heteroatoms. The van der Waals surface area contributed by atoms with Crippen LogP contribution in [0.25, 0.3) is 11.3 Å². The van der Waals surface area contributed by atoms with E-state index in [9.17, 15) is 4.79 Å². The average Bonchev–Trinajstić information content (AvgIpc) is 3.71. The first kappa shape index (κ1) is 24.8. The molecule has 0 N–H and O–H groups in total. The number of esters is 1. The van der Waals surface area contributed by atoms with Gasteiger partial charge in [0.2, 0.25) is 0 Å². The van der Waals surface area contributed by atoms with Gasteiger partial charge in [0.15, 0.2) is 0 Å². The van der Waals surface area contributed by atoms with Gasteiger partial charge in [0, 0.05) is 11.5 Å². The molecule has 1 aliphatic heterocycles. The van der Waals surface area contributed by atoms with Crippen molar-refractivity contribution in [1.82, 2.24) is 5.16 Å². The lowest BCUT2D eigenvalue weighted by molar-refractivity contribution is 0.0600. The summed E-state index contributed by atoms with van der Waals surface area (Å²) in [5.41, 5.74) is 4.78. The van der Waals surface area contributed by atoms with E-state index in [1.165, 1.54) is 7.11 Å². The number of halogens is 2. The van der Waals surface area contributed by atoms with E-state index in [4.69, 9.17) is 41.9 Å². The van der Waals surface area contributed by atoms with Gasteiger partial charge >= 0.3 is 5.97 Å². The zero-order chi connectivity index (χ0) is 26.2. The fraction of sp³-hybridized carbons (Fsp3) is 0.267. The Balaban J connectivity index is 1.17. The summed E-state index contributed by atoms with van der Waals surface area (Å²) in [5, 5.41) is 5.37. The zero-order valence-corrected chi connectivity index (χ0v) is 22.2. The topological polar surface area (TPSA) is 70.8 Å². The quantitative estimate of drug-likeness (QED) is 0.218. The van der Waals surface area contributed by atoms with Crippen LogP contribution in [0.5, 0.6) is 11.5 Å². The summed E-state index contributed by atoms with van der Waals surface area (Å²) in [6, 6.07) is 18.7. The molecule has 1 aromatic heterocycles. The van der Waals surface area contributed by atoms with E-state index >= 15 is 0 Å². The SMILES string of the molecule is COC(=O)c1ccc2c(c1)CCC(c1ccc(OCc3c(-c4c(Cl)cccc4Cl)noc3C3CC3)cc1)O2. The second-order valence-electron chi connectivity index (χ2n) is 9.56. The van der Waals surface area contributed by atoms with Crippen LogP contribution in [0.1, 0.15) is 64.1 Å². The van der Waals surface area contributed by atoms with Crippen molar-refractivity contribution in [3.63, 3.8) is 0 Å². The fourth-order valence-electron chi connectivity index (χ4n) is 4.85. The minimum atomic E-state index is -0.344. The van der Waals surface area contributed by atoms with Crippen LogP contribution < -0.4 is 9.47 Å². The molecule has 0 radical (unpaired) electrons. The number of carbonyl (C=O) groups excluding carboxylic acids is 1. The van der Waals surface area contributed by atoms with Crippen molar-refractivity contribution in [1.29, 1.82) is 0 Å². The Morgan fingerprint density at radius 3 is 2.50 bits per heavy atom. The molecule has 0 bridgehead atoms.